The van der Waals surface area contributed by atoms with Gasteiger partial charge in [-0.15, -0.1) is 0 Å². The first-order chi connectivity index (χ1) is 13.5. The number of aliphatic hydroxyl groups excluding tert-OH is 2. The van der Waals surface area contributed by atoms with Gasteiger partial charge in [0.05, 0.1) is 6.10 Å². The molecule has 2 aromatic rings. The number of carbonyl (C=O) groups is 2. The number of piperidine rings is 1. The molecule has 0 radical (unpaired) electrons. The van der Waals surface area contributed by atoms with Crippen LogP contribution in [0.4, 0.5) is 4.79 Å². The monoisotopic (exact) mass is 383 g/mol. The van der Waals surface area contributed by atoms with Crippen molar-refractivity contribution in [2.24, 2.45) is 0 Å². The van der Waals surface area contributed by atoms with Gasteiger partial charge in [-0.05, 0) is 28.7 Å². The van der Waals surface area contributed by atoms with Gasteiger partial charge in [-0.1, -0.05) is 48.5 Å². The Bertz CT molecular complexity index is 868. The second-order valence-electron chi connectivity index (χ2n) is 7.13. The number of amides is 1. The van der Waals surface area contributed by atoms with Crippen LogP contribution < -0.4 is 0 Å². The maximum absolute atomic E-state index is 12.6. The number of hydrogen-bond acceptors (Lipinski definition) is 5. The first-order valence-electron chi connectivity index (χ1n) is 9.19. The van der Waals surface area contributed by atoms with E-state index in [4.69, 9.17) is 4.74 Å². The maximum atomic E-state index is 12.6. The summed E-state index contributed by atoms with van der Waals surface area (Å²) in [6.45, 7) is 0.0697. The van der Waals surface area contributed by atoms with Crippen molar-refractivity contribution >= 4 is 12.1 Å². The number of carboxylic acids is 1. The molecule has 0 spiro atoms. The fourth-order valence-electron chi connectivity index (χ4n) is 4.14. The Balaban J connectivity index is 1.53. The van der Waals surface area contributed by atoms with Crippen LogP contribution in [0.3, 0.4) is 0 Å². The SMILES string of the molecule is O=C(O)[C@@H]1[C@H](O)[C@H](O)CCN1C(=O)OCC1c2ccccc2-c2ccccc21. The average molecular weight is 383 g/mol. The Morgan fingerprint density at radius 1 is 1.00 bits per heavy atom. The summed E-state index contributed by atoms with van der Waals surface area (Å²) in [4.78, 5) is 25.1. The lowest BCUT2D eigenvalue weighted by molar-refractivity contribution is -0.155. The number of fused-ring (bicyclic) bond motifs is 3. The molecule has 1 fully saturated rings. The number of likely N-dealkylation sites (tertiary alicyclic amines) is 1. The van der Waals surface area contributed by atoms with Gasteiger partial charge in [0.2, 0.25) is 0 Å². The largest absolute Gasteiger partial charge is 0.480 e. The summed E-state index contributed by atoms with van der Waals surface area (Å²) >= 11 is 0. The molecule has 2 aromatic carbocycles. The molecule has 1 aliphatic heterocycles. The predicted octanol–water partition coefficient (Wildman–Crippen LogP) is 1.82. The number of aliphatic hydroxyl groups is 2. The topological polar surface area (TPSA) is 107 Å². The minimum absolute atomic E-state index is 0.00582. The van der Waals surface area contributed by atoms with Crippen molar-refractivity contribution in [3.8, 4) is 11.1 Å². The van der Waals surface area contributed by atoms with Gasteiger partial charge in [0.1, 0.15) is 12.7 Å². The number of carboxylic acid groups (broad SMARTS) is 1. The molecule has 2 aliphatic rings. The van der Waals surface area contributed by atoms with Gasteiger partial charge in [-0.2, -0.15) is 0 Å². The Kier molecular flexibility index (Phi) is 4.78. The van der Waals surface area contributed by atoms with Crippen molar-refractivity contribution in [3.05, 3.63) is 59.7 Å². The summed E-state index contributed by atoms with van der Waals surface area (Å²) in [6.07, 6.45) is -3.44. The third-order valence-electron chi connectivity index (χ3n) is 5.54. The summed E-state index contributed by atoms with van der Waals surface area (Å²) in [5, 5.41) is 29.1. The number of rotatable bonds is 3. The predicted molar refractivity (Wildman–Crippen MR) is 99.8 cm³/mol. The van der Waals surface area contributed by atoms with Gasteiger partial charge in [-0.3, -0.25) is 4.90 Å². The molecule has 28 heavy (non-hydrogen) atoms. The fourth-order valence-corrected chi connectivity index (χ4v) is 4.14. The molecular weight excluding hydrogens is 362 g/mol. The van der Waals surface area contributed by atoms with Crippen LogP contribution in [0.1, 0.15) is 23.5 Å². The number of benzene rings is 2. The molecule has 0 aromatic heterocycles. The van der Waals surface area contributed by atoms with E-state index in [0.717, 1.165) is 27.2 Å². The van der Waals surface area contributed by atoms with Crippen LogP contribution in [0.15, 0.2) is 48.5 Å². The van der Waals surface area contributed by atoms with E-state index in [1.807, 2.05) is 48.5 Å². The molecule has 4 rings (SSSR count). The molecule has 3 atom stereocenters. The lowest BCUT2D eigenvalue weighted by atomic mass is 9.96. The molecule has 7 nitrogen and oxygen atoms in total. The van der Waals surface area contributed by atoms with Crippen molar-refractivity contribution in [2.75, 3.05) is 13.2 Å². The number of ether oxygens (including phenoxy) is 1. The summed E-state index contributed by atoms with van der Waals surface area (Å²) in [7, 11) is 0. The van der Waals surface area contributed by atoms with E-state index >= 15 is 0 Å². The van der Waals surface area contributed by atoms with Crippen molar-refractivity contribution < 1.29 is 29.6 Å². The molecular formula is C21H21NO6. The second-order valence-corrected chi connectivity index (χ2v) is 7.13. The minimum Gasteiger partial charge on any atom is -0.480 e. The Morgan fingerprint density at radius 3 is 2.14 bits per heavy atom. The lowest BCUT2D eigenvalue weighted by Gasteiger charge is -2.38. The van der Waals surface area contributed by atoms with E-state index < -0.39 is 30.3 Å². The van der Waals surface area contributed by atoms with E-state index in [0.29, 0.717) is 0 Å². The van der Waals surface area contributed by atoms with Gasteiger partial charge < -0.3 is 20.1 Å². The fraction of sp³-hybridized carbons (Fsp3) is 0.333. The normalized spacial score (nSPS) is 23.8. The zero-order chi connectivity index (χ0) is 19.8. The molecule has 1 saturated heterocycles. The van der Waals surface area contributed by atoms with Crippen LogP contribution in [0, 0.1) is 0 Å². The van der Waals surface area contributed by atoms with E-state index in [9.17, 15) is 24.9 Å². The van der Waals surface area contributed by atoms with Crippen molar-refractivity contribution in [3.63, 3.8) is 0 Å². The first-order valence-corrected chi connectivity index (χ1v) is 9.19. The van der Waals surface area contributed by atoms with Crippen molar-refractivity contribution in [1.82, 2.24) is 4.90 Å². The summed E-state index contributed by atoms with van der Waals surface area (Å²) < 4.78 is 5.47. The van der Waals surface area contributed by atoms with Crippen LogP contribution >= 0.6 is 0 Å². The van der Waals surface area contributed by atoms with E-state index in [2.05, 4.69) is 0 Å². The molecule has 0 unspecified atom stereocenters. The maximum Gasteiger partial charge on any atom is 0.410 e. The van der Waals surface area contributed by atoms with Gasteiger partial charge >= 0.3 is 12.1 Å². The minimum atomic E-state index is -1.55. The van der Waals surface area contributed by atoms with Crippen LogP contribution in [-0.4, -0.2) is 63.7 Å². The van der Waals surface area contributed by atoms with Gasteiger partial charge in [0.15, 0.2) is 6.04 Å². The second kappa shape index (κ2) is 7.26. The number of hydrogen-bond donors (Lipinski definition) is 3. The quantitative estimate of drug-likeness (QED) is 0.746. The molecule has 0 saturated carbocycles. The molecule has 0 bridgehead atoms. The molecule has 3 N–H and O–H groups in total. The van der Waals surface area contributed by atoms with Crippen LogP contribution in [0.2, 0.25) is 0 Å². The smallest absolute Gasteiger partial charge is 0.410 e. The number of aliphatic carboxylic acids is 1. The van der Waals surface area contributed by atoms with Crippen molar-refractivity contribution in [2.45, 2.75) is 30.6 Å². The highest BCUT2D eigenvalue weighted by Gasteiger charge is 2.44. The zero-order valence-corrected chi connectivity index (χ0v) is 15.1. The van der Waals surface area contributed by atoms with Gasteiger partial charge in [0.25, 0.3) is 0 Å². The third-order valence-corrected chi connectivity index (χ3v) is 5.54. The molecule has 146 valence electrons. The van der Waals surface area contributed by atoms with E-state index in [1.165, 1.54) is 0 Å². The average Bonchev–Trinajstić information content (AvgIpc) is 3.01. The van der Waals surface area contributed by atoms with Crippen LogP contribution in [0.25, 0.3) is 11.1 Å². The van der Waals surface area contributed by atoms with E-state index in [-0.39, 0.29) is 25.5 Å². The molecule has 1 amide bonds. The molecule has 7 heteroatoms. The van der Waals surface area contributed by atoms with E-state index in [1.54, 1.807) is 0 Å². The summed E-state index contributed by atoms with van der Waals surface area (Å²) in [5.41, 5.74) is 4.30. The highest BCUT2D eigenvalue weighted by atomic mass is 16.6. The lowest BCUT2D eigenvalue weighted by Crippen LogP contribution is -2.60. The summed E-state index contributed by atoms with van der Waals surface area (Å²) in [6, 6.07) is 14.3. The first kappa shape index (κ1) is 18.5. The summed E-state index contributed by atoms with van der Waals surface area (Å²) in [5.74, 6) is -1.51. The van der Waals surface area contributed by atoms with Crippen LogP contribution in [0.5, 0.6) is 0 Å². The number of nitrogens with zero attached hydrogens (tertiary/aromatic N) is 1. The van der Waals surface area contributed by atoms with Crippen LogP contribution in [-0.2, 0) is 9.53 Å². The highest BCUT2D eigenvalue weighted by Crippen LogP contribution is 2.44. The van der Waals surface area contributed by atoms with Crippen molar-refractivity contribution in [1.29, 1.82) is 0 Å². The van der Waals surface area contributed by atoms with Gasteiger partial charge in [0, 0.05) is 12.5 Å². The zero-order valence-electron chi connectivity index (χ0n) is 15.1. The third kappa shape index (κ3) is 3.02. The number of carbonyl (C=O) groups excluding carboxylic acids is 1. The Hall–Kier alpha value is -2.90. The Labute approximate surface area is 161 Å². The van der Waals surface area contributed by atoms with Gasteiger partial charge in [-0.25, -0.2) is 9.59 Å². The molecule has 1 aliphatic carbocycles. The highest BCUT2D eigenvalue weighted by molar-refractivity contribution is 5.82. The standard InChI is InChI=1S/C21H21NO6/c23-17-9-10-22(18(19(17)24)20(25)26)21(27)28-11-16-14-7-3-1-5-12(14)13-6-2-4-8-15(13)16/h1-8,16-19,23-24H,9-11H2,(H,25,26)/t17-,18+,19-/m1/s1. The molecule has 1 heterocycles. The Morgan fingerprint density at radius 2 is 1.57 bits per heavy atom.